The first-order valence-corrected chi connectivity index (χ1v) is 5.85. The van der Waals surface area contributed by atoms with E-state index in [1.165, 1.54) is 12.1 Å². The van der Waals surface area contributed by atoms with Crippen LogP contribution in [0.1, 0.15) is 30.1 Å². The molecule has 0 bridgehead atoms. The Labute approximate surface area is 104 Å². The van der Waals surface area contributed by atoms with Gasteiger partial charge in [-0.2, -0.15) is 13.2 Å². The second kappa shape index (κ2) is 6.42. The van der Waals surface area contributed by atoms with Crippen molar-refractivity contribution in [3.63, 3.8) is 0 Å². The molecular weight excluding hydrogens is 243 g/mol. The Bertz CT molecular complexity index is 376. The molecule has 0 heterocycles. The molecule has 0 aliphatic rings. The van der Waals surface area contributed by atoms with Crippen molar-refractivity contribution in [1.29, 1.82) is 0 Å². The summed E-state index contributed by atoms with van der Waals surface area (Å²) in [7, 11) is 0. The number of rotatable bonds is 5. The Morgan fingerprint density at radius 2 is 1.83 bits per heavy atom. The average Bonchev–Trinajstić information content (AvgIpc) is 2.33. The Morgan fingerprint density at radius 1 is 1.22 bits per heavy atom. The van der Waals surface area contributed by atoms with Gasteiger partial charge < -0.3 is 4.90 Å². The molecule has 100 valence electrons. The summed E-state index contributed by atoms with van der Waals surface area (Å²) in [5.41, 5.74) is 0.290. The van der Waals surface area contributed by atoms with Crippen LogP contribution in [0, 0.1) is 0 Å². The molecular formula is C13H16F3NO. The van der Waals surface area contributed by atoms with Crippen molar-refractivity contribution >= 4 is 5.91 Å². The van der Waals surface area contributed by atoms with Crippen molar-refractivity contribution in [3.05, 3.63) is 35.9 Å². The van der Waals surface area contributed by atoms with Crippen molar-refractivity contribution in [1.82, 2.24) is 4.90 Å². The van der Waals surface area contributed by atoms with Crippen LogP contribution in [0.15, 0.2) is 30.3 Å². The molecule has 0 aromatic heterocycles. The molecule has 5 heteroatoms. The number of alkyl halides is 3. The number of unbranched alkanes of at least 4 members (excludes halogenated alkanes) is 1. The molecule has 0 saturated heterocycles. The normalized spacial score (nSPS) is 11.3. The van der Waals surface area contributed by atoms with E-state index in [0.29, 0.717) is 6.42 Å². The van der Waals surface area contributed by atoms with Gasteiger partial charge in [0.25, 0.3) is 5.91 Å². The van der Waals surface area contributed by atoms with Crippen molar-refractivity contribution in [2.45, 2.75) is 25.9 Å². The summed E-state index contributed by atoms with van der Waals surface area (Å²) in [6.45, 7) is 0.809. The van der Waals surface area contributed by atoms with Gasteiger partial charge in [0.1, 0.15) is 6.54 Å². The van der Waals surface area contributed by atoms with Crippen LogP contribution in [0.2, 0.25) is 0 Å². The standard InChI is InChI=1S/C13H16F3NO/c1-2-3-9-17(10-13(14,15)16)12(18)11-7-5-4-6-8-11/h4-8H,2-3,9-10H2,1H3. The highest BCUT2D eigenvalue weighted by molar-refractivity contribution is 5.94. The van der Waals surface area contributed by atoms with Crippen molar-refractivity contribution in [2.75, 3.05) is 13.1 Å². The van der Waals surface area contributed by atoms with Crippen LogP contribution < -0.4 is 0 Å². The molecule has 0 aliphatic heterocycles. The molecule has 0 atom stereocenters. The summed E-state index contributed by atoms with van der Waals surface area (Å²) >= 11 is 0. The van der Waals surface area contributed by atoms with Gasteiger partial charge in [-0.05, 0) is 18.6 Å². The van der Waals surface area contributed by atoms with E-state index in [1.807, 2.05) is 6.92 Å². The number of carbonyl (C=O) groups is 1. The summed E-state index contributed by atoms with van der Waals surface area (Å²) < 4.78 is 37.2. The number of carbonyl (C=O) groups excluding carboxylic acids is 1. The van der Waals surface area contributed by atoms with Crippen LogP contribution in [0.4, 0.5) is 13.2 Å². The predicted octanol–water partition coefficient (Wildman–Crippen LogP) is 3.49. The molecule has 18 heavy (non-hydrogen) atoms. The minimum atomic E-state index is -4.36. The maximum Gasteiger partial charge on any atom is 0.406 e. The zero-order chi connectivity index (χ0) is 13.6. The third-order valence-corrected chi connectivity index (χ3v) is 2.46. The highest BCUT2D eigenvalue weighted by atomic mass is 19.4. The van der Waals surface area contributed by atoms with Crippen LogP contribution in [-0.4, -0.2) is 30.1 Å². The van der Waals surface area contributed by atoms with Crippen LogP contribution in [0.25, 0.3) is 0 Å². The van der Waals surface area contributed by atoms with E-state index in [4.69, 9.17) is 0 Å². The van der Waals surface area contributed by atoms with Gasteiger partial charge in [-0.1, -0.05) is 31.5 Å². The molecule has 2 nitrogen and oxygen atoms in total. The molecule has 0 fully saturated rings. The lowest BCUT2D eigenvalue weighted by Crippen LogP contribution is -2.39. The Hall–Kier alpha value is -1.52. The van der Waals surface area contributed by atoms with E-state index >= 15 is 0 Å². The van der Waals surface area contributed by atoms with Gasteiger partial charge in [-0.15, -0.1) is 0 Å². The fourth-order valence-electron chi connectivity index (χ4n) is 1.58. The molecule has 0 radical (unpaired) electrons. The van der Waals surface area contributed by atoms with Gasteiger partial charge in [-0.25, -0.2) is 0 Å². The number of halogens is 3. The Kier molecular flexibility index (Phi) is 5.19. The van der Waals surface area contributed by atoms with Crippen molar-refractivity contribution < 1.29 is 18.0 Å². The first kappa shape index (κ1) is 14.5. The van der Waals surface area contributed by atoms with Gasteiger partial charge in [-0.3, -0.25) is 4.79 Å². The summed E-state index contributed by atoms with van der Waals surface area (Å²) in [6.07, 6.45) is -3.05. The third-order valence-electron chi connectivity index (χ3n) is 2.46. The zero-order valence-electron chi connectivity index (χ0n) is 10.2. The summed E-state index contributed by atoms with van der Waals surface area (Å²) in [6, 6.07) is 8.05. The smallest absolute Gasteiger partial charge is 0.330 e. The quantitative estimate of drug-likeness (QED) is 0.792. The predicted molar refractivity (Wildman–Crippen MR) is 63.3 cm³/mol. The van der Waals surface area contributed by atoms with Gasteiger partial charge >= 0.3 is 6.18 Å². The molecule has 0 spiro atoms. The van der Waals surface area contributed by atoms with E-state index in [2.05, 4.69) is 0 Å². The van der Waals surface area contributed by atoms with Gasteiger partial charge in [0.05, 0.1) is 0 Å². The van der Waals surface area contributed by atoms with E-state index in [1.54, 1.807) is 18.2 Å². The fraction of sp³-hybridized carbons (Fsp3) is 0.462. The van der Waals surface area contributed by atoms with E-state index < -0.39 is 18.6 Å². The molecule has 1 aromatic rings. The SMILES string of the molecule is CCCCN(CC(F)(F)F)C(=O)c1ccccc1. The average molecular weight is 259 g/mol. The summed E-state index contributed by atoms with van der Waals surface area (Å²) in [5, 5.41) is 0. The Balaban J connectivity index is 2.79. The van der Waals surface area contributed by atoms with E-state index in [9.17, 15) is 18.0 Å². The van der Waals surface area contributed by atoms with E-state index in [0.717, 1.165) is 11.3 Å². The maximum absolute atomic E-state index is 12.4. The highest BCUT2D eigenvalue weighted by Gasteiger charge is 2.32. The molecule has 0 aliphatic carbocycles. The van der Waals surface area contributed by atoms with Crippen molar-refractivity contribution in [3.8, 4) is 0 Å². The fourth-order valence-corrected chi connectivity index (χ4v) is 1.58. The number of hydrogen-bond acceptors (Lipinski definition) is 1. The first-order chi connectivity index (χ1) is 8.44. The molecule has 1 amide bonds. The van der Waals surface area contributed by atoms with Crippen LogP contribution in [0.5, 0.6) is 0 Å². The monoisotopic (exact) mass is 259 g/mol. The Morgan fingerprint density at radius 3 is 2.33 bits per heavy atom. The largest absolute Gasteiger partial charge is 0.406 e. The van der Waals surface area contributed by atoms with Crippen molar-refractivity contribution in [2.24, 2.45) is 0 Å². The second-order valence-corrected chi connectivity index (χ2v) is 4.06. The number of amides is 1. The number of hydrogen-bond donors (Lipinski definition) is 0. The lowest BCUT2D eigenvalue weighted by molar-refractivity contribution is -0.140. The lowest BCUT2D eigenvalue weighted by Gasteiger charge is -2.23. The topological polar surface area (TPSA) is 20.3 Å². The zero-order valence-corrected chi connectivity index (χ0v) is 10.2. The molecule has 0 saturated carbocycles. The molecule has 0 unspecified atom stereocenters. The van der Waals surface area contributed by atoms with Gasteiger partial charge in [0, 0.05) is 12.1 Å². The molecule has 0 N–H and O–H groups in total. The van der Waals surface area contributed by atoms with Gasteiger partial charge in [0.15, 0.2) is 0 Å². The van der Waals surface area contributed by atoms with E-state index in [-0.39, 0.29) is 12.1 Å². The number of nitrogens with zero attached hydrogens (tertiary/aromatic N) is 1. The highest BCUT2D eigenvalue weighted by Crippen LogP contribution is 2.18. The van der Waals surface area contributed by atoms with Crippen LogP contribution >= 0.6 is 0 Å². The first-order valence-electron chi connectivity index (χ1n) is 5.85. The van der Waals surface area contributed by atoms with Gasteiger partial charge in [0.2, 0.25) is 0 Å². The lowest BCUT2D eigenvalue weighted by atomic mass is 10.2. The summed E-state index contributed by atoms with van der Waals surface area (Å²) in [4.78, 5) is 12.8. The molecule has 1 rings (SSSR count). The maximum atomic E-state index is 12.4. The van der Waals surface area contributed by atoms with Crippen LogP contribution in [-0.2, 0) is 0 Å². The number of benzene rings is 1. The summed E-state index contributed by atoms with van der Waals surface area (Å²) in [5.74, 6) is -0.568. The third kappa shape index (κ3) is 4.77. The van der Waals surface area contributed by atoms with Crippen LogP contribution in [0.3, 0.4) is 0 Å². The minimum absolute atomic E-state index is 0.129. The minimum Gasteiger partial charge on any atom is -0.330 e. The second-order valence-electron chi connectivity index (χ2n) is 4.06. The molecule has 1 aromatic carbocycles.